The molecule has 0 atom stereocenters. The van der Waals surface area contributed by atoms with E-state index < -0.39 is 16.0 Å². The van der Waals surface area contributed by atoms with Crippen LogP contribution in [0.2, 0.25) is 0 Å². The van der Waals surface area contributed by atoms with E-state index in [0.717, 1.165) is 32.8 Å². The van der Waals surface area contributed by atoms with Crippen molar-refractivity contribution in [3.63, 3.8) is 0 Å². The predicted molar refractivity (Wildman–Crippen MR) is 129 cm³/mol. The molecular formula is C25H25N5O3S. The summed E-state index contributed by atoms with van der Waals surface area (Å²) in [7, 11) is -0.442. The lowest BCUT2D eigenvalue weighted by molar-refractivity contribution is -0.613. The molecule has 0 amide bonds. The molecule has 9 heteroatoms. The number of aromatic nitrogens is 3. The summed E-state index contributed by atoms with van der Waals surface area (Å²) in [5, 5.41) is 17.0. The van der Waals surface area contributed by atoms with Crippen LogP contribution in [-0.4, -0.2) is 38.3 Å². The van der Waals surface area contributed by atoms with Gasteiger partial charge in [-0.1, -0.05) is 29.8 Å². The number of hydrogen-bond donors (Lipinski definition) is 0. The van der Waals surface area contributed by atoms with Crippen molar-refractivity contribution >= 4 is 21.7 Å². The average molecular weight is 476 g/mol. The molecule has 2 aromatic heterocycles. The Bertz CT molecular complexity index is 1440. The Morgan fingerprint density at radius 3 is 2.18 bits per heavy atom. The van der Waals surface area contributed by atoms with E-state index in [1.807, 2.05) is 63.2 Å². The summed E-state index contributed by atoms with van der Waals surface area (Å²) >= 11 is 0. The van der Waals surface area contributed by atoms with Crippen LogP contribution in [0.3, 0.4) is 0 Å². The smallest absolute Gasteiger partial charge is 0.369 e. The molecule has 0 spiro atoms. The highest BCUT2D eigenvalue weighted by molar-refractivity contribution is 7.90. The standard InChI is InChI=1S/C25H25N5O3S/c1-18-5-7-20(8-6-18)24-17-19(2)26-30(24)22-9-11-23(12-10-22)34(32,33)27-25(31)29-15-13-21(14-16-29)28(3)4/h5-17H,1-4H3. The molecule has 0 bridgehead atoms. The molecule has 8 nitrogen and oxygen atoms in total. The monoisotopic (exact) mass is 475 g/mol. The van der Waals surface area contributed by atoms with Crippen LogP contribution in [0.4, 0.5) is 5.69 Å². The van der Waals surface area contributed by atoms with E-state index in [0.29, 0.717) is 5.69 Å². The lowest BCUT2D eigenvalue weighted by atomic mass is 10.1. The molecule has 2 heterocycles. The second kappa shape index (κ2) is 9.11. The van der Waals surface area contributed by atoms with Crippen molar-refractivity contribution in [2.24, 2.45) is 4.40 Å². The second-order valence-electron chi connectivity index (χ2n) is 8.15. The number of anilines is 1. The molecule has 34 heavy (non-hydrogen) atoms. The zero-order valence-electron chi connectivity index (χ0n) is 19.4. The molecule has 4 aromatic rings. The van der Waals surface area contributed by atoms with Gasteiger partial charge in [0.05, 0.1) is 29.5 Å². The van der Waals surface area contributed by atoms with E-state index >= 15 is 0 Å². The van der Waals surface area contributed by atoms with Gasteiger partial charge in [-0.2, -0.15) is 13.5 Å². The Hall–Kier alpha value is -3.98. The molecule has 2 aromatic carbocycles. The van der Waals surface area contributed by atoms with E-state index in [2.05, 4.69) is 9.50 Å². The molecule has 174 valence electrons. The van der Waals surface area contributed by atoms with E-state index in [1.165, 1.54) is 24.5 Å². The SMILES string of the molecule is Cc1ccc(-c2cc(C)nn2-c2ccc(S(=O)(=O)N=C([O-])[n+]3ccc(N(C)C)cc3)cc2)cc1. The highest BCUT2D eigenvalue weighted by Gasteiger charge is 2.20. The number of aryl methyl sites for hydroxylation is 2. The maximum Gasteiger partial charge on any atom is 0.369 e. The van der Waals surface area contributed by atoms with E-state index in [-0.39, 0.29) is 4.90 Å². The van der Waals surface area contributed by atoms with E-state index in [4.69, 9.17) is 0 Å². The van der Waals surface area contributed by atoms with E-state index in [9.17, 15) is 13.5 Å². The summed E-state index contributed by atoms with van der Waals surface area (Å²) in [4.78, 5) is 1.80. The van der Waals surface area contributed by atoms with Gasteiger partial charge < -0.3 is 10.0 Å². The van der Waals surface area contributed by atoms with Crippen molar-refractivity contribution in [3.05, 3.63) is 90.4 Å². The van der Waals surface area contributed by atoms with Crippen molar-refractivity contribution < 1.29 is 18.1 Å². The third kappa shape index (κ3) is 4.84. The van der Waals surface area contributed by atoms with Crippen molar-refractivity contribution in [1.29, 1.82) is 0 Å². The van der Waals surface area contributed by atoms with Gasteiger partial charge in [0.1, 0.15) is 4.90 Å². The third-order valence-electron chi connectivity index (χ3n) is 5.31. The van der Waals surface area contributed by atoms with Gasteiger partial charge in [-0.15, -0.1) is 0 Å². The van der Waals surface area contributed by atoms with Crippen molar-refractivity contribution in [2.75, 3.05) is 19.0 Å². The number of sulfonamides is 1. The summed E-state index contributed by atoms with van der Waals surface area (Å²) in [5.74, 6) is 0. The summed E-state index contributed by atoms with van der Waals surface area (Å²) in [6.07, 6.45) is 2.96. The largest absolute Gasteiger partial charge is 0.806 e. The van der Waals surface area contributed by atoms with Gasteiger partial charge in [-0.05, 0) is 44.2 Å². The summed E-state index contributed by atoms with van der Waals surface area (Å²) in [5.41, 5.74) is 5.46. The number of rotatable bonds is 5. The molecule has 0 unspecified atom stereocenters. The minimum absolute atomic E-state index is 0.0733. The van der Waals surface area contributed by atoms with Crippen LogP contribution < -0.4 is 14.6 Å². The maximum absolute atomic E-state index is 12.7. The Morgan fingerprint density at radius 2 is 1.59 bits per heavy atom. The van der Waals surface area contributed by atoms with Crippen molar-refractivity contribution in [3.8, 4) is 16.9 Å². The first-order valence-electron chi connectivity index (χ1n) is 10.6. The fourth-order valence-corrected chi connectivity index (χ4v) is 4.32. The quantitative estimate of drug-likeness (QED) is 0.251. The van der Waals surface area contributed by atoms with Crippen LogP contribution in [0.5, 0.6) is 0 Å². The number of benzene rings is 2. The molecule has 0 radical (unpaired) electrons. The molecule has 0 saturated heterocycles. The van der Waals surface area contributed by atoms with Crippen LogP contribution in [0.25, 0.3) is 16.9 Å². The fourth-order valence-electron chi connectivity index (χ4n) is 3.43. The number of nitrogens with zero attached hydrogens (tertiary/aromatic N) is 5. The van der Waals surface area contributed by atoms with Gasteiger partial charge in [0, 0.05) is 41.9 Å². The van der Waals surface area contributed by atoms with Crippen LogP contribution in [0.15, 0.2) is 88.4 Å². The van der Waals surface area contributed by atoms with E-state index in [1.54, 1.807) is 28.9 Å². The van der Waals surface area contributed by atoms with Crippen molar-refractivity contribution in [1.82, 2.24) is 9.78 Å². The summed E-state index contributed by atoms with van der Waals surface area (Å²) in [6.45, 7) is 3.93. The minimum Gasteiger partial charge on any atom is -0.806 e. The first kappa shape index (κ1) is 23.2. The van der Waals surface area contributed by atoms with Crippen LogP contribution in [-0.2, 0) is 10.0 Å². The first-order chi connectivity index (χ1) is 16.1. The average Bonchev–Trinajstić information content (AvgIpc) is 3.21. The molecule has 0 saturated carbocycles. The second-order valence-corrected chi connectivity index (χ2v) is 9.75. The van der Waals surface area contributed by atoms with Gasteiger partial charge in [-0.25, -0.2) is 9.25 Å². The third-order valence-corrected chi connectivity index (χ3v) is 6.57. The zero-order chi connectivity index (χ0) is 24.5. The van der Waals surface area contributed by atoms with Crippen molar-refractivity contribution in [2.45, 2.75) is 18.7 Å². The molecule has 0 N–H and O–H groups in total. The number of pyridine rings is 1. The van der Waals surface area contributed by atoms with Gasteiger partial charge >= 0.3 is 10.0 Å². The van der Waals surface area contributed by atoms with Gasteiger partial charge in [0.25, 0.3) is 6.02 Å². The Labute approximate surface area is 199 Å². The van der Waals surface area contributed by atoms with Gasteiger partial charge in [0.15, 0.2) is 0 Å². The van der Waals surface area contributed by atoms with Crippen LogP contribution in [0.1, 0.15) is 11.3 Å². The molecular weight excluding hydrogens is 450 g/mol. The maximum atomic E-state index is 12.7. The first-order valence-corrected chi connectivity index (χ1v) is 12.0. The zero-order valence-corrected chi connectivity index (χ0v) is 20.2. The lowest BCUT2D eigenvalue weighted by Gasteiger charge is -2.12. The highest BCUT2D eigenvalue weighted by atomic mass is 32.2. The fraction of sp³-hybridized carbons (Fsp3) is 0.160. The normalized spacial score (nSPS) is 12.1. The topological polar surface area (TPSA) is 94.5 Å². The Morgan fingerprint density at radius 1 is 0.971 bits per heavy atom. The van der Waals surface area contributed by atoms with Crippen LogP contribution >= 0.6 is 0 Å². The summed E-state index contributed by atoms with van der Waals surface area (Å²) in [6, 6.07) is 18.7. The Kier molecular flexibility index (Phi) is 6.21. The predicted octanol–water partition coefficient (Wildman–Crippen LogP) is 2.46. The van der Waals surface area contributed by atoms with Crippen LogP contribution in [0, 0.1) is 13.8 Å². The van der Waals surface area contributed by atoms with Gasteiger partial charge in [0.2, 0.25) is 0 Å². The minimum atomic E-state index is -4.18. The lowest BCUT2D eigenvalue weighted by Crippen LogP contribution is -2.50. The molecule has 0 aliphatic heterocycles. The highest BCUT2D eigenvalue weighted by Crippen LogP contribution is 2.25. The number of hydrogen-bond acceptors (Lipinski definition) is 5. The molecule has 4 rings (SSSR count). The molecule has 0 fully saturated rings. The molecule has 0 aliphatic rings. The summed E-state index contributed by atoms with van der Waals surface area (Å²) < 4.78 is 31.8. The van der Waals surface area contributed by atoms with Gasteiger partial charge in [-0.3, -0.25) is 0 Å². The molecule has 0 aliphatic carbocycles. The Balaban J connectivity index is 1.63.